The van der Waals surface area contributed by atoms with Crippen LogP contribution in [0.4, 0.5) is 0 Å². The van der Waals surface area contributed by atoms with Gasteiger partial charge in [0, 0.05) is 17.8 Å². The largest absolute Gasteiger partial charge is 0.489 e. The van der Waals surface area contributed by atoms with E-state index in [1.807, 2.05) is 38.1 Å². The van der Waals surface area contributed by atoms with Crippen LogP contribution in [0.2, 0.25) is 0 Å². The molecule has 0 unspecified atom stereocenters. The highest BCUT2D eigenvalue weighted by Gasteiger charge is 2.07. The van der Waals surface area contributed by atoms with E-state index in [1.54, 1.807) is 29.2 Å². The van der Waals surface area contributed by atoms with E-state index in [0.29, 0.717) is 12.2 Å². The number of ketones is 1. The Labute approximate surface area is 130 Å². The average Bonchev–Trinajstić information content (AvgIpc) is 3.01. The van der Waals surface area contributed by atoms with Crippen molar-refractivity contribution in [1.82, 2.24) is 9.78 Å². The maximum atomic E-state index is 12.2. The second-order valence-electron chi connectivity index (χ2n) is 5.14. The second kappa shape index (κ2) is 7.41. The van der Waals surface area contributed by atoms with Gasteiger partial charge in [0.1, 0.15) is 12.4 Å². The van der Waals surface area contributed by atoms with Crippen LogP contribution in [-0.2, 0) is 0 Å². The van der Waals surface area contributed by atoms with Crippen LogP contribution in [0.25, 0.3) is 6.08 Å². The summed E-state index contributed by atoms with van der Waals surface area (Å²) >= 11 is 0. The van der Waals surface area contributed by atoms with Gasteiger partial charge >= 0.3 is 0 Å². The van der Waals surface area contributed by atoms with Gasteiger partial charge in [0.15, 0.2) is 5.78 Å². The summed E-state index contributed by atoms with van der Waals surface area (Å²) in [7, 11) is 0. The van der Waals surface area contributed by atoms with E-state index in [1.165, 1.54) is 6.08 Å². The van der Waals surface area contributed by atoms with Crippen LogP contribution in [0.15, 0.2) is 55.4 Å². The molecule has 0 saturated heterocycles. The Morgan fingerprint density at radius 1 is 1.41 bits per heavy atom. The van der Waals surface area contributed by atoms with Crippen molar-refractivity contribution in [3.8, 4) is 5.75 Å². The van der Waals surface area contributed by atoms with E-state index in [9.17, 15) is 4.79 Å². The summed E-state index contributed by atoms with van der Waals surface area (Å²) in [5.41, 5.74) is 1.43. The zero-order valence-corrected chi connectivity index (χ0v) is 12.9. The van der Waals surface area contributed by atoms with Crippen LogP contribution < -0.4 is 4.74 Å². The second-order valence-corrected chi connectivity index (χ2v) is 5.14. The molecule has 0 aliphatic heterocycles. The van der Waals surface area contributed by atoms with E-state index in [2.05, 4.69) is 11.7 Å². The van der Waals surface area contributed by atoms with E-state index in [-0.39, 0.29) is 11.8 Å². The SMILES string of the molecule is C=CCOc1ccccc1C=CC(=O)c1cnn(C(C)C)c1. The lowest BCUT2D eigenvalue weighted by Gasteiger charge is -2.06. The Morgan fingerprint density at radius 2 is 2.18 bits per heavy atom. The summed E-state index contributed by atoms with van der Waals surface area (Å²) in [6.07, 6.45) is 8.33. The van der Waals surface area contributed by atoms with Crippen molar-refractivity contribution in [3.05, 3.63) is 66.5 Å². The summed E-state index contributed by atoms with van der Waals surface area (Å²) < 4.78 is 7.33. The van der Waals surface area contributed by atoms with E-state index in [4.69, 9.17) is 4.74 Å². The number of benzene rings is 1. The topological polar surface area (TPSA) is 44.1 Å². The molecule has 0 aliphatic rings. The molecule has 0 saturated carbocycles. The van der Waals surface area contributed by atoms with E-state index >= 15 is 0 Å². The molecule has 2 aromatic rings. The van der Waals surface area contributed by atoms with Gasteiger partial charge in [-0.3, -0.25) is 9.48 Å². The summed E-state index contributed by atoms with van der Waals surface area (Å²) in [5.74, 6) is 0.648. The van der Waals surface area contributed by atoms with Gasteiger partial charge in [0.25, 0.3) is 0 Å². The van der Waals surface area contributed by atoms with Crippen molar-refractivity contribution < 1.29 is 9.53 Å². The predicted octanol–water partition coefficient (Wildman–Crippen LogP) is 3.92. The minimum atomic E-state index is -0.0783. The third kappa shape index (κ3) is 3.95. The fraction of sp³-hybridized carbons (Fsp3) is 0.222. The van der Waals surface area contributed by atoms with Crippen LogP contribution in [0, 0.1) is 0 Å². The molecule has 0 fully saturated rings. The molecule has 4 heteroatoms. The number of para-hydroxylation sites is 1. The highest BCUT2D eigenvalue weighted by Crippen LogP contribution is 2.20. The number of hydrogen-bond acceptors (Lipinski definition) is 3. The molecular weight excluding hydrogens is 276 g/mol. The van der Waals surface area contributed by atoms with E-state index in [0.717, 1.165) is 11.3 Å². The van der Waals surface area contributed by atoms with E-state index < -0.39 is 0 Å². The predicted molar refractivity (Wildman–Crippen MR) is 88.1 cm³/mol. The summed E-state index contributed by atoms with van der Waals surface area (Å²) in [6.45, 7) is 8.10. The van der Waals surface area contributed by atoms with Crippen molar-refractivity contribution >= 4 is 11.9 Å². The van der Waals surface area contributed by atoms with Gasteiger partial charge in [0.05, 0.1) is 11.8 Å². The van der Waals surface area contributed by atoms with Crippen molar-refractivity contribution in [2.24, 2.45) is 0 Å². The molecule has 0 amide bonds. The first-order valence-corrected chi connectivity index (χ1v) is 7.21. The molecule has 1 aromatic heterocycles. The lowest BCUT2D eigenvalue weighted by molar-refractivity contribution is 0.104. The molecule has 2 rings (SSSR count). The normalized spacial score (nSPS) is 11.0. The smallest absolute Gasteiger partial charge is 0.189 e. The van der Waals surface area contributed by atoms with Crippen LogP contribution in [0.3, 0.4) is 0 Å². The Morgan fingerprint density at radius 3 is 2.86 bits per heavy atom. The van der Waals surface area contributed by atoms with Crippen molar-refractivity contribution in [2.75, 3.05) is 6.61 Å². The van der Waals surface area contributed by atoms with Gasteiger partial charge in [-0.1, -0.05) is 30.9 Å². The molecule has 0 bridgehead atoms. The molecule has 0 atom stereocenters. The minimum Gasteiger partial charge on any atom is -0.489 e. The average molecular weight is 296 g/mol. The van der Waals surface area contributed by atoms with Gasteiger partial charge in [-0.25, -0.2) is 0 Å². The molecule has 22 heavy (non-hydrogen) atoms. The quantitative estimate of drug-likeness (QED) is 0.442. The molecule has 1 heterocycles. The molecular formula is C18H20N2O2. The Balaban J connectivity index is 2.13. The zero-order chi connectivity index (χ0) is 15.9. The molecule has 0 spiro atoms. The molecule has 4 nitrogen and oxygen atoms in total. The number of rotatable bonds is 7. The molecule has 0 N–H and O–H groups in total. The number of carbonyl (C=O) groups excluding carboxylic acids is 1. The first kappa shape index (κ1) is 15.8. The molecule has 0 radical (unpaired) electrons. The first-order valence-electron chi connectivity index (χ1n) is 7.21. The van der Waals surface area contributed by atoms with Crippen molar-refractivity contribution in [3.63, 3.8) is 0 Å². The monoisotopic (exact) mass is 296 g/mol. The number of ether oxygens (including phenoxy) is 1. The summed E-state index contributed by atoms with van der Waals surface area (Å²) in [4.78, 5) is 12.2. The summed E-state index contributed by atoms with van der Waals surface area (Å²) in [5, 5.41) is 4.18. The Hall–Kier alpha value is -2.62. The molecule has 1 aromatic carbocycles. The molecule has 0 aliphatic carbocycles. The third-order valence-electron chi connectivity index (χ3n) is 3.11. The lowest BCUT2D eigenvalue weighted by Crippen LogP contribution is -2.00. The number of aromatic nitrogens is 2. The van der Waals surface area contributed by atoms with Gasteiger partial charge in [-0.15, -0.1) is 0 Å². The van der Waals surface area contributed by atoms with Crippen LogP contribution in [-0.4, -0.2) is 22.2 Å². The fourth-order valence-corrected chi connectivity index (χ4v) is 1.91. The number of allylic oxidation sites excluding steroid dienone is 1. The van der Waals surface area contributed by atoms with Crippen LogP contribution >= 0.6 is 0 Å². The number of hydrogen-bond donors (Lipinski definition) is 0. The maximum absolute atomic E-state index is 12.2. The third-order valence-corrected chi connectivity index (χ3v) is 3.11. The van der Waals surface area contributed by atoms with Gasteiger partial charge in [-0.05, 0) is 32.1 Å². The number of carbonyl (C=O) groups is 1. The minimum absolute atomic E-state index is 0.0783. The van der Waals surface area contributed by atoms with Gasteiger partial charge < -0.3 is 4.74 Å². The van der Waals surface area contributed by atoms with Crippen LogP contribution in [0.5, 0.6) is 5.75 Å². The van der Waals surface area contributed by atoms with Crippen molar-refractivity contribution in [1.29, 1.82) is 0 Å². The van der Waals surface area contributed by atoms with Crippen LogP contribution in [0.1, 0.15) is 35.8 Å². The standard InChI is InChI=1S/C18H20N2O2/c1-4-11-22-18-8-6-5-7-15(18)9-10-17(21)16-12-19-20(13-16)14(2)3/h4-10,12-14H,1,11H2,2-3H3. The van der Waals surface area contributed by atoms with Crippen molar-refractivity contribution in [2.45, 2.75) is 19.9 Å². The Bertz CT molecular complexity index is 684. The lowest BCUT2D eigenvalue weighted by atomic mass is 10.1. The highest BCUT2D eigenvalue weighted by molar-refractivity contribution is 6.06. The highest BCUT2D eigenvalue weighted by atomic mass is 16.5. The summed E-state index contributed by atoms with van der Waals surface area (Å²) in [6, 6.07) is 7.80. The van der Waals surface area contributed by atoms with Gasteiger partial charge in [-0.2, -0.15) is 5.10 Å². The van der Waals surface area contributed by atoms with Gasteiger partial charge in [0.2, 0.25) is 0 Å². The number of nitrogens with zero attached hydrogens (tertiary/aromatic N) is 2. The zero-order valence-electron chi connectivity index (χ0n) is 12.9. The maximum Gasteiger partial charge on any atom is 0.189 e. The first-order chi connectivity index (χ1) is 10.6. The Kier molecular flexibility index (Phi) is 5.31. The molecule has 114 valence electrons. The fourth-order valence-electron chi connectivity index (χ4n) is 1.91.